The van der Waals surface area contributed by atoms with E-state index in [2.05, 4.69) is 52.2 Å². The van der Waals surface area contributed by atoms with Crippen molar-refractivity contribution in [3.05, 3.63) is 65.3 Å². The number of hydrogen-bond acceptors (Lipinski definition) is 4. The summed E-state index contributed by atoms with van der Waals surface area (Å²) < 4.78 is 5.43. The lowest BCUT2D eigenvalue weighted by molar-refractivity contribution is 0.386. The summed E-state index contributed by atoms with van der Waals surface area (Å²) in [5, 5.41) is 5.20. The van der Waals surface area contributed by atoms with Crippen molar-refractivity contribution in [3.63, 3.8) is 0 Å². The van der Waals surface area contributed by atoms with Gasteiger partial charge in [0.25, 0.3) is 0 Å². The van der Waals surface area contributed by atoms with Crippen LogP contribution in [0.1, 0.15) is 22.6 Å². The van der Waals surface area contributed by atoms with Crippen molar-refractivity contribution in [1.29, 1.82) is 0 Å². The normalized spacial score (nSPS) is 11.2. The minimum Gasteiger partial charge on any atom is -0.346 e. The van der Waals surface area contributed by atoms with Crippen molar-refractivity contribution in [2.24, 2.45) is 0 Å². The molecule has 4 rings (SSSR count). The highest BCUT2D eigenvalue weighted by atomic mass is 16.5. The van der Waals surface area contributed by atoms with Gasteiger partial charge in [-0.3, -0.25) is 0 Å². The van der Waals surface area contributed by atoms with Gasteiger partial charge in [0.1, 0.15) is 5.65 Å². The second kappa shape index (κ2) is 5.35. The average molecular weight is 304 g/mol. The van der Waals surface area contributed by atoms with E-state index in [-0.39, 0.29) is 0 Å². The Morgan fingerprint density at radius 1 is 1.13 bits per heavy atom. The van der Waals surface area contributed by atoms with Crippen LogP contribution in [0.3, 0.4) is 0 Å². The van der Waals surface area contributed by atoms with Crippen LogP contribution in [-0.4, -0.2) is 20.1 Å². The molecular formula is C18H16N4O. The number of nitrogens with zero attached hydrogens (tertiary/aromatic N) is 3. The average Bonchev–Trinajstić information content (AvgIpc) is 3.15. The number of aromatic nitrogens is 4. The Balaban J connectivity index is 1.65. The molecule has 0 spiro atoms. The number of aromatic amines is 1. The highest BCUT2D eigenvalue weighted by Crippen LogP contribution is 2.22. The zero-order valence-electron chi connectivity index (χ0n) is 13.0. The molecule has 0 aliphatic rings. The molecule has 0 atom stereocenters. The molecule has 23 heavy (non-hydrogen) atoms. The SMILES string of the molecule is Cc1cc(C)cc(-c2noc(Cc3c[nH]c4ncccc34)n2)c1. The standard InChI is InChI=1S/C18H16N4O/c1-11-6-12(2)8-13(7-11)17-21-16(23-22-17)9-14-10-20-18-15(14)4-3-5-19-18/h3-8,10H,9H2,1-2H3,(H,19,20). The number of rotatable bonds is 3. The van der Waals surface area contributed by atoms with Gasteiger partial charge in [0, 0.05) is 23.3 Å². The third-order valence-corrected chi connectivity index (χ3v) is 3.83. The van der Waals surface area contributed by atoms with Gasteiger partial charge in [-0.05, 0) is 43.7 Å². The zero-order valence-corrected chi connectivity index (χ0v) is 13.0. The van der Waals surface area contributed by atoms with Gasteiger partial charge in [-0.2, -0.15) is 4.98 Å². The maximum Gasteiger partial charge on any atom is 0.231 e. The van der Waals surface area contributed by atoms with Crippen molar-refractivity contribution in [2.45, 2.75) is 20.3 Å². The van der Waals surface area contributed by atoms with Crippen molar-refractivity contribution in [2.75, 3.05) is 0 Å². The molecule has 5 heteroatoms. The summed E-state index contributed by atoms with van der Waals surface area (Å²) in [5.74, 6) is 1.23. The highest BCUT2D eigenvalue weighted by Gasteiger charge is 2.12. The summed E-state index contributed by atoms with van der Waals surface area (Å²) in [5.41, 5.74) is 5.33. The Bertz CT molecular complexity index is 963. The van der Waals surface area contributed by atoms with Crippen LogP contribution in [0.5, 0.6) is 0 Å². The Hall–Kier alpha value is -2.95. The van der Waals surface area contributed by atoms with Crippen LogP contribution in [0.15, 0.2) is 47.2 Å². The van der Waals surface area contributed by atoms with E-state index in [1.165, 1.54) is 11.1 Å². The number of H-pyrrole nitrogens is 1. The number of hydrogen-bond donors (Lipinski definition) is 1. The lowest BCUT2D eigenvalue weighted by atomic mass is 10.1. The van der Waals surface area contributed by atoms with Gasteiger partial charge >= 0.3 is 0 Å². The number of nitrogens with one attached hydrogen (secondary N) is 1. The van der Waals surface area contributed by atoms with E-state index in [4.69, 9.17) is 4.52 Å². The molecule has 3 heterocycles. The van der Waals surface area contributed by atoms with Crippen molar-refractivity contribution >= 4 is 11.0 Å². The van der Waals surface area contributed by atoms with E-state index < -0.39 is 0 Å². The molecule has 0 unspecified atom stereocenters. The van der Waals surface area contributed by atoms with E-state index in [0.29, 0.717) is 18.1 Å². The van der Waals surface area contributed by atoms with Crippen LogP contribution in [0, 0.1) is 13.8 Å². The maximum atomic E-state index is 5.43. The first-order chi connectivity index (χ1) is 11.2. The summed E-state index contributed by atoms with van der Waals surface area (Å²) in [4.78, 5) is 12.0. The van der Waals surface area contributed by atoms with Crippen molar-refractivity contribution in [3.8, 4) is 11.4 Å². The molecular weight excluding hydrogens is 288 g/mol. The van der Waals surface area contributed by atoms with Gasteiger partial charge in [-0.25, -0.2) is 4.98 Å². The summed E-state index contributed by atoms with van der Waals surface area (Å²) >= 11 is 0. The first kappa shape index (κ1) is 13.7. The van der Waals surface area contributed by atoms with Crippen LogP contribution in [0.4, 0.5) is 0 Å². The fourth-order valence-electron chi connectivity index (χ4n) is 2.87. The number of aryl methyl sites for hydroxylation is 2. The first-order valence-corrected chi connectivity index (χ1v) is 7.51. The van der Waals surface area contributed by atoms with Crippen LogP contribution in [-0.2, 0) is 6.42 Å². The van der Waals surface area contributed by atoms with Crippen LogP contribution in [0.25, 0.3) is 22.4 Å². The molecule has 114 valence electrons. The lowest BCUT2D eigenvalue weighted by Crippen LogP contribution is -1.88. The Kier molecular flexibility index (Phi) is 3.19. The summed E-state index contributed by atoms with van der Waals surface area (Å²) in [6, 6.07) is 10.2. The highest BCUT2D eigenvalue weighted by molar-refractivity contribution is 5.79. The molecule has 0 fully saturated rings. The number of fused-ring (bicyclic) bond motifs is 1. The largest absolute Gasteiger partial charge is 0.346 e. The Labute approximate surface area is 133 Å². The summed E-state index contributed by atoms with van der Waals surface area (Å²) in [6.07, 6.45) is 4.30. The molecule has 4 aromatic rings. The number of pyridine rings is 1. The maximum absolute atomic E-state index is 5.43. The summed E-state index contributed by atoms with van der Waals surface area (Å²) in [6.45, 7) is 4.13. The summed E-state index contributed by atoms with van der Waals surface area (Å²) in [7, 11) is 0. The molecule has 0 aliphatic heterocycles. The predicted molar refractivity (Wildman–Crippen MR) is 88.1 cm³/mol. The van der Waals surface area contributed by atoms with Gasteiger partial charge in [-0.1, -0.05) is 22.3 Å². The van der Waals surface area contributed by atoms with E-state index in [1.807, 2.05) is 18.3 Å². The molecule has 3 aromatic heterocycles. The van der Waals surface area contributed by atoms with Crippen LogP contribution >= 0.6 is 0 Å². The third kappa shape index (κ3) is 2.61. The van der Waals surface area contributed by atoms with E-state index >= 15 is 0 Å². The molecule has 1 N–H and O–H groups in total. The second-order valence-electron chi connectivity index (χ2n) is 5.78. The molecule has 0 saturated carbocycles. The number of benzene rings is 1. The smallest absolute Gasteiger partial charge is 0.231 e. The van der Waals surface area contributed by atoms with Crippen LogP contribution < -0.4 is 0 Å². The molecule has 0 saturated heterocycles. The molecule has 5 nitrogen and oxygen atoms in total. The quantitative estimate of drug-likeness (QED) is 0.625. The van der Waals surface area contributed by atoms with Crippen molar-refractivity contribution < 1.29 is 4.52 Å². The minimum absolute atomic E-state index is 0.587. The fourth-order valence-corrected chi connectivity index (χ4v) is 2.87. The molecule has 0 amide bonds. The zero-order chi connectivity index (χ0) is 15.8. The van der Waals surface area contributed by atoms with E-state index in [9.17, 15) is 0 Å². The Morgan fingerprint density at radius 3 is 2.78 bits per heavy atom. The van der Waals surface area contributed by atoms with Gasteiger partial charge in [-0.15, -0.1) is 0 Å². The molecule has 0 radical (unpaired) electrons. The van der Waals surface area contributed by atoms with E-state index in [0.717, 1.165) is 22.2 Å². The van der Waals surface area contributed by atoms with Gasteiger partial charge < -0.3 is 9.51 Å². The second-order valence-corrected chi connectivity index (χ2v) is 5.78. The lowest BCUT2D eigenvalue weighted by Gasteiger charge is -1.99. The van der Waals surface area contributed by atoms with E-state index in [1.54, 1.807) is 6.20 Å². The van der Waals surface area contributed by atoms with Gasteiger partial charge in [0.15, 0.2) is 0 Å². The van der Waals surface area contributed by atoms with Gasteiger partial charge in [0.05, 0.1) is 6.42 Å². The van der Waals surface area contributed by atoms with Crippen LogP contribution in [0.2, 0.25) is 0 Å². The molecule has 0 aliphatic carbocycles. The van der Waals surface area contributed by atoms with Crippen molar-refractivity contribution in [1.82, 2.24) is 20.1 Å². The fraction of sp³-hybridized carbons (Fsp3) is 0.167. The molecule has 1 aromatic carbocycles. The monoisotopic (exact) mass is 304 g/mol. The predicted octanol–water partition coefficient (Wildman–Crippen LogP) is 3.82. The van der Waals surface area contributed by atoms with Gasteiger partial charge in [0.2, 0.25) is 11.7 Å². The first-order valence-electron chi connectivity index (χ1n) is 7.51. The topological polar surface area (TPSA) is 67.6 Å². The third-order valence-electron chi connectivity index (χ3n) is 3.83. The Morgan fingerprint density at radius 2 is 1.96 bits per heavy atom. The molecule has 0 bridgehead atoms. The minimum atomic E-state index is 0.587.